The highest BCUT2D eigenvalue weighted by molar-refractivity contribution is 5.75. The summed E-state index contributed by atoms with van der Waals surface area (Å²) in [5, 5.41) is 2.93. The predicted molar refractivity (Wildman–Crippen MR) is 53.2 cm³/mol. The van der Waals surface area contributed by atoms with Gasteiger partial charge in [0, 0.05) is 19.5 Å². The van der Waals surface area contributed by atoms with Crippen molar-refractivity contribution in [2.24, 2.45) is 17.6 Å². The van der Waals surface area contributed by atoms with E-state index in [2.05, 4.69) is 12.2 Å². The van der Waals surface area contributed by atoms with Gasteiger partial charge in [-0.25, -0.2) is 0 Å². The number of hydrogen-bond acceptors (Lipinski definition) is 2. The molecule has 13 heavy (non-hydrogen) atoms. The summed E-state index contributed by atoms with van der Waals surface area (Å²) in [6, 6.07) is 0. The van der Waals surface area contributed by atoms with E-state index in [-0.39, 0.29) is 5.91 Å². The van der Waals surface area contributed by atoms with E-state index < -0.39 is 0 Å². The Morgan fingerprint density at radius 1 is 1.54 bits per heavy atom. The van der Waals surface area contributed by atoms with Crippen molar-refractivity contribution in [3.63, 3.8) is 0 Å². The molecule has 0 aromatic rings. The maximum Gasteiger partial charge on any atom is 0.221 e. The van der Waals surface area contributed by atoms with Gasteiger partial charge in [0.2, 0.25) is 5.91 Å². The molecule has 0 bridgehead atoms. The molecule has 1 rings (SSSR count). The van der Waals surface area contributed by atoms with Crippen LogP contribution in [0.4, 0.5) is 0 Å². The molecule has 0 aliphatic heterocycles. The lowest BCUT2D eigenvalue weighted by atomic mass is 10.1. The van der Waals surface area contributed by atoms with E-state index in [0.717, 1.165) is 12.5 Å². The van der Waals surface area contributed by atoms with Crippen molar-refractivity contribution in [1.82, 2.24) is 5.32 Å². The van der Waals surface area contributed by atoms with Crippen LogP contribution in [-0.2, 0) is 4.79 Å². The minimum atomic E-state index is 0.0991. The number of hydrogen-bond donors (Lipinski definition) is 2. The lowest BCUT2D eigenvalue weighted by molar-refractivity contribution is -0.121. The first-order valence-corrected chi connectivity index (χ1v) is 5.19. The second-order valence-corrected chi connectivity index (χ2v) is 4.13. The van der Waals surface area contributed by atoms with Gasteiger partial charge in [0.05, 0.1) is 0 Å². The van der Waals surface area contributed by atoms with Crippen LogP contribution in [0, 0.1) is 11.8 Å². The van der Waals surface area contributed by atoms with Crippen molar-refractivity contribution in [2.45, 2.75) is 32.6 Å². The van der Waals surface area contributed by atoms with Gasteiger partial charge < -0.3 is 11.1 Å². The number of carbonyl (C=O) groups is 1. The van der Waals surface area contributed by atoms with Gasteiger partial charge in [-0.15, -0.1) is 0 Å². The molecule has 0 heterocycles. The number of nitrogens with two attached hydrogens (primary N) is 1. The Morgan fingerprint density at radius 2 is 2.31 bits per heavy atom. The Labute approximate surface area is 80.1 Å². The molecule has 0 aromatic heterocycles. The molecule has 2 atom stereocenters. The zero-order chi connectivity index (χ0) is 9.68. The van der Waals surface area contributed by atoms with Gasteiger partial charge in [0.1, 0.15) is 0 Å². The number of rotatable bonds is 4. The van der Waals surface area contributed by atoms with Crippen molar-refractivity contribution in [2.75, 3.05) is 13.1 Å². The van der Waals surface area contributed by atoms with Crippen LogP contribution in [0.5, 0.6) is 0 Å². The van der Waals surface area contributed by atoms with Crippen molar-refractivity contribution < 1.29 is 4.79 Å². The van der Waals surface area contributed by atoms with Crippen LogP contribution in [0.25, 0.3) is 0 Å². The Kier molecular flexibility index (Phi) is 4.22. The molecule has 76 valence electrons. The molecular formula is C10H20N2O. The van der Waals surface area contributed by atoms with Crippen LogP contribution >= 0.6 is 0 Å². The first kappa shape index (κ1) is 10.5. The van der Waals surface area contributed by atoms with Crippen LogP contribution in [-0.4, -0.2) is 19.0 Å². The Balaban J connectivity index is 2.09. The summed E-state index contributed by atoms with van der Waals surface area (Å²) in [6.45, 7) is 3.58. The number of amides is 1. The molecule has 2 unspecified atom stereocenters. The first-order valence-electron chi connectivity index (χ1n) is 5.19. The maximum absolute atomic E-state index is 11.1. The molecule has 1 fully saturated rings. The summed E-state index contributed by atoms with van der Waals surface area (Å²) in [5.74, 6) is 1.65. The zero-order valence-electron chi connectivity index (χ0n) is 8.38. The van der Waals surface area contributed by atoms with Gasteiger partial charge in [-0.3, -0.25) is 4.79 Å². The molecule has 0 saturated heterocycles. The van der Waals surface area contributed by atoms with Gasteiger partial charge >= 0.3 is 0 Å². The van der Waals surface area contributed by atoms with E-state index >= 15 is 0 Å². The lowest BCUT2D eigenvalue weighted by Crippen LogP contribution is -2.29. The Bertz CT molecular complexity index is 170. The molecule has 1 saturated carbocycles. The predicted octanol–water partition coefficient (Wildman–Crippen LogP) is 0.888. The SMILES string of the molecule is CC1CCC(CNC(=O)CCN)C1. The van der Waals surface area contributed by atoms with Gasteiger partial charge in [-0.05, 0) is 24.7 Å². The van der Waals surface area contributed by atoms with Crippen LogP contribution < -0.4 is 11.1 Å². The van der Waals surface area contributed by atoms with Gasteiger partial charge in [0.25, 0.3) is 0 Å². The lowest BCUT2D eigenvalue weighted by Gasteiger charge is -2.10. The second-order valence-electron chi connectivity index (χ2n) is 4.13. The molecule has 1 aliphatic rings. The second kappa shape index (κ2) is 5.22. The smallest absolute Gasteiger partial charge is 0.221 e. The number of carbonyl (C=O) groups excluding carboxylic acids is 1. The third-order valence-corrected chi connectivity index (χ3v) is 2.76. The standard InChI is InChI=1S/C10H20N2O/c1-8-2-3-9(6-8)7-12-10(13)4-5-11/h8-9H,2-7,11H2,1H3,(H,12,13). The average molecular weight is 184 g/mol. The summed E-state index contributed by atoms with van der Waals surface area (Å²) in [6.07, 6.45) is 4.31. The zero-order valence-corrected chi connectivity index (χ0v) is 8.38. The highest BCUT2D eigenvalue weighted by atomic mass is 16.1. The fourth-order valence-corrected chi connectivity index (χ4v) is 1.99. The normalized spacial score (nSPS) is 27.5. The van der Waals surface area contributed by atoms with Crippen LogP contribution in [0.2, 0.25) is 0 Å². The molecule has 3 nitrogen and oxygen atoms in total. The number of nitrogens with one attached hydrogen (secondary N) is 1. The molecule has 0 aromatic carbocycles. The monoisotopic (exact) mass is 184 g/mol. The summed E-state index contributed by atoms with van der Waals surface area (Å²) < 4.78 is 0. The molecule has 3 heteroatoms. The Hall–Kier alpha value is -0.570. The summed E-state index contributed by atoms with van der Waals surface area (Å²) in [5.41, 5.74) is 5.27. The molecule has 0 radical (unpaired) electrons. The van der Waals surface area contributed by atoms with E-state index in [1.54, 1.807) is 0 Å². The minimum Gasteiger partial charge on any atom is -0.356 e. The molecule has 0 spiro atoms. The topological polar surface area (TPSA) is 55.1 Å². The quantitative estimate of drug-likeness (QED) is 0.681. The summed E-state index contributed by atoms with van der Waals surface area (Å²) in [4.78, 5) is 11.1. The third kappa shape index (κ3) is 3.77. The highest BCUT2D eigenvalue weighted by Gasteiger charge is 2.21. The maximum atomic E-state index is 11.1. The van der Waals surface area contributed by atoms with Gasteiger partial charge in [0.15, 0.2) is 0 Å². The van der Waals surface area contributed by atoms with Gasteiger partial charge in [-0.2, -0.15) is 0 Å². The van der Waals surface area contributed by atoms with E-state index in [9.17, 15) is 4.79 Å². The van der Waals surface area contributed by atoms with Crippen molar-refractivity contribution in [3.8, 4) is 0 Å². The van der Waals surface area contributed by atoms with Crippen molar-refractivity contribution >= 4 is 5.91 Å². The van der Waals surface area contributed by atoms with E-state index in [4.69, 9.17) is 5.73 Å². The highest BCUT2D eigenvalue weighted by Crippen LogP contribution is 2.29. The third-order valence-electron chi connectivity index (χ3n) is 2.76. The van der Waals surface area contributed by atoms with Crippen LogP contribution in [0.3, 0.4) is 0 Å². The fourth-order valence-electron chi connectivity index (χ4n) is 1.99. The summed E-state index contributed by atoms with van der Waals surface area (Å²) in [7, 11) is 0. The van der Waals surface area contributed by atoms with E-state index in [1.165, 1.54) is 19.3 Å². The van der Waals surface area contributed by atoms with Crippen LogP contribution in [0.15, 0.2) is 0 Å². The Morgan fingerprint density at radius 3 is 2.85 bits per heavy atom. The molecule has 1 aliphatic carbocycles. The van der Waals surface area contributed by atoms with Gasteiger partial charge in [-0.1, -0.05) is 13.3 Å². The summed E-state index contributed by atoms with van der Waals surface area (Å²) >= 11 is 0. The van der Waals surface area contributed by atoms with Crippen LogP contribution in [0.1, 0.15) is 32.6 Å². The fraction of sp³-hybridized carbons (Fsp3) is 0.900. The molecule has 3 N–H and O–H groups in total. The van der Waals surface area contributed by atoms with Crippen molar-refractivity contribution in [1.29, 1.82) is 0 Å². The molecule has 1 amide bonds. The molecular weight excluding hydrogens is 164 g/mol. The largest absolute Gasteiger partial charge is 0.356 e. The van der Waals surface area contributed by atoms with Crippen molar-refractivity contribution in [3.05, 3.63) is 0 Å². The first-order chi connectivity index (χ1) is 6.22. The van der Waals surface area contributed by atoms with E-state index in [0.29, 0.717) is 18.9 Å². The average Bonchev–Trinajstić information content (AvgIpc) is 2.49. The minimum absolute atomic E-state index is 0.0991. The van der Waals surface area contributed by atoms with E-state index in [1.807, 2.05) is 0 Å².